The largest absolute Gasteiger partial charge is 0.168 e. The van der Waals surface area contributed by atoms with Crippen molar-refractivity contribution in [2.45, 2.75) is 38.9 Å². The Morgan fingerprint density at radius 1 is 1.21 bits per heavy atom. The van der Waals surface area contributed by atoms with Crippen molar-refractivity contribution in [1.29, 1.82) is 0 Å². The van der Waals surface area contributed by atoms with Gasteiger partial charge in [0.1, 0.15) is 0 Å². The molecular weight excluding hydrogens is 288 g/mol. The minimum absolute atomic E-state index is 0.562. The standard InChI is InChI=1S/C16H19ClSSi/c1-10-11(2)15-12-7-5-6-8-14(12)18-16(15)13(10)9-19(3,4)17/h5-8,13H,9H2,1-4H3. The van der Waals surface area contributed by atoms with E-state index in [0.717, 1.165) is 6.04 Å². The summed E-state index contributed by atoms with van der Waals surface area (Å²) in [5.74, 6) is 0.562. The molecule has 19 heavy (non-hydrogen) atoms. The van der Waals surface area contributed by atoms with Crippen molar-refractivity contribution in [3.05, 3.63) is 40.3 Å². The SMILES string of the molecule is CC1=C(C)C(C[Si](C)(C)Cl)c2sc3ccccc3c21. The van der Waals surface area contributed by atoms with Crippen molar-refractivity contribution in [3.63, 3.8) is 0 Å². The Morgan fingerprint density at radius 2 is 1.89 bits per heavy atom. The second kappa shape index (κ2) is 4.47. The first-order chi connectivity index (χ1) is 8.88. The molecule has 3 rings (SSSR count). The molecule has 0 saturated heterocycles. The van der Waals surface area contributed by atoms with E-state index < -0.39 is 7.38 Å². The molecule has 0 fully saturated rings. The number of hydrogen-bond acceptors (Lipinski definition) is 1. The fourth-order valence-corrected chi connectivity index (χ4v) is 6.61. The van der Waals surface area contributed by atoms with Crippen LogP contribution in [0.15, 0.2) is 29.8 Å². The zero-order valence-corrected chi connectivity index (χ0v) is 14.5. The fraction of sp³-hybridized carbons (Fsp3) is 0.375. The van der Waals surface area contributed by atoms with Crippen molar-refractivity contribution < 1.29 is 0 Å². The normalized spacial score (nSPS) is 19.3. The molecule has 2 aromatic rings. The van der Waals surface area contributed by atoms with Crippen molar-refractivity contribution >= 4 is 45.5 Å². The van der Waals surface area contributed by atoms with Gasteiger partial charge in [0.2, 0.25) is 0 Å². The number of benzene rings is 1. The van der Waals surface area contributed by atoms with Gasteiger partial charge in [0.05, 0.1) is 0 Å². The molecule has 0 N–H and O–H groups in total. The van der Waals surface area contributed by atoms with Gasteiger partial charge in [-0.15, -0.1) is 11.3 Å². The molecule has 1 unspecified atom stereocenters. The summed E-state index contributed by atoms with van der Waals surface area (Å²) in [5.41, 5.74) is 4.51. The van der Waals surface area contributed by atoms with Crippen LogP contribution in [-0.4, -0.2) is 7.38 Å². The van der Waals surface area contributed by atoms with Gasteiger partial charge < -0.3 is 0 Å². The van der Waals surface area contributed by atoms with Gasteiger partial charge in [-0.3, -0.25) is 0 Å². The van der Waals surface area contributed by atoms with Crippen LogP contribution in [0.5, 0.6) is 0 Å². The molecule has 1 aliphatic rings. The van der Waals surface area contributed by atoms with Gasteiger partial charge in [-0.1, -0.05) is 36.9 Å². The van der Waals surface area contributed by atoms with Gasteiger partial charge in [-0.2, -0.15) is 11.1 Å². The van der Waals surface area contributed by atoms with Crippen LogP contribution in [0.25, 0.3) is 15.7 Å². The molecule has 0 spiro atoms. The monoisotopic (exact) mass is 306 g/mol. The maximum Gasteiger partial charge on any atom is 0.151 e. The van der Waals surface area contributed by atoms with Crippen LogP contribution in [0.1, 0.15) is 30.2 Å². The second-order valence-corrected chi connectivity index (χ2v) is 14.1. The molecule has 0 radical (unpaired) electrons. The first-order valence-corrected chi connectivity index (χ1v) is 11.8. The number of allylic oxidation sites excluding steroid dienone is 2. The van der Waals surface area contributed by atoms with Crippen LogP contribution in [-0.2, 0) is 0 Å². The molecular formula is C16H19ClSSi. The average Bonchev–Trinajstić information content (AvgIpc) is 2.80. The highest BCUT2D eigenvalue weighted by atomic mass is 35.6. The van der Waals surface area contributed by atoms with Crippen LogP contribution >= 0.6 is 22.4 Å². The highest BCUT2D eigenvalue weighted by Crippen LogP contribution is 2.52. The lowest BCUT2D eigenvalue weighted by atomic mass is 10.1. The zero-order valence-electron chi connectivity index (χ0n) is 11.9. The number of rotatable bonds is 2. The van der Waals surface area contributed by atoms with Crippen LogP contribution in [0.4, 0.5) is 0 Å². The summed E-state index contributed by atoms with van der Waals surface area (Å²) >= 11 is 8.58. The lowest BCUT2D eigenvalue weighted by Crippen LogP contribution is -2.19. The summed E-state index contributed by atoms with van der Waals surface area (Å²) in [6.07, 6.45) is 0. The zero-order chi connectivity index (χ0) is 13.8. The number of halogens is 1. The summed E-state index contributed by atoms with van der Waals surface area (Å²) in [7, 11) is -1.57. The highest BCUT2D eigenvalue weighted by molar-refractivity contribution is 7.20. The van der Waals surface area contributed by atoms with E-state index in [-0.39, 0.29) is 0 Å². The third-order valence-corrected chi connectivity index (χ3v) is 7.24. The molecule has 0 nitrogen and oxygen atoms in total. The molecule has 1 aromatic heterocycles. The molecule has 0 bridgehead atoms. The molecule has 1 aliphatic carbocycles. The van der Waals surface area contributed by atoms with Gasteiger partial charge in [-0.05, 0) is 37.1 Å². The third-order valence-electron chi connectivity index (χ3n) is 4.12. The Hall–Kier alpha value is -0.573. The van der Waals surface area contributed by atoms with E-state index >= 15 is 0 Å². The molecule has 1 heterocycles. The van der Waals surface area contributed by atoms with E-state index in [0.29, 0.717) is 5.92 Å². The van der Waals surface area contributed by atoms with Gasteiger partial charge >= 0.3 is 0 Å². The van der Waals surface area contributed by atoms with Gasteiger partial charge in [0, 0.05) is 20.9 Å². The molecule has 0 amide bonds. The Bertz CT molecular complexity index is 676. The van der Waals surface area contributed by atoms with Crippen molar-refractivity contribution in [2.24, 2.45) is 0 Å². The van der Waals surface area contributed by atoms with E-state index in [1.807, 2.05) is 11.3 Å². The summed E-state index contributed by atoms with van der Waals surface area (Å²) in [5, 5.41) is 1.43. The van der Waals surface area contributed by atoms with Crippen molar-refractivity contribution in [2.75, 3.05) is 0 Å². The number of hydrogen-bond donors (Lipinski definition) is 0. The minimum atomic E-state index is -1.57. The lowest BCUT2D eigenvalue weighted by molar-refractivity contribution is 0.922. The van der Waals surface area contributed by atoms with Crippen LogP contribution in [0.3, 0.4) is 0 Å². The first kappa shape index (κ1) is 13.4. The Balaban J connectivity index is 2.18. The molecule has 0 saturated carbocycles. The molecule has 0 aliphatic heterocycles. The average molecular weight is 307 g/mol. The Morgan fingerprint density at radius 3 is 2.58 bits per heavy atom. The van der Waals surface area contributed by atoms with Crippen molar-refractivity contribution in [1.82, 2.24) is 0 Å². The Kier molecular flexibility index (Phi) is 3.16. The van der Waals surface area contributed by atoms with Gasteiger partial charge in [-0.25, -0.2) is 0 Å². The van der Waals surface area contributed by atoms with E-state index in [2.05, 4.69) is 51.2 Å². The maximum atomic E-state index is 6.61. The van der Waals surface area contributed by atoms with E-state index in [1.54, 1.807) is 4.88 Å². The topological polar surface area (TPSA) is 0 Å². The molecule has 3 heteroatoms. The molecule has 1 atom stereocenters. The van der Waals surface area contributed by atoms with Gasteiger partial charge in [0.25, 0.3) is 0 Å². The summed E-state index contributed by atoms with van der Waals surface area (Å²) < 4.78 is 1.42. The number of thiophene rings is 1. The summed E-state index contributed by atoms with van der Waals surface area (Å²) in [4.78, 5) is 1.55. The second-order valence-electron chi connectivity index (χ2n) is 6.12. The minimum Gasteiger partial charge on any atom is -0.168 e. The van der Waals surface area contributed by atoms with Gasteiger partial charge in [0.15, 0.2) is 7.38 Å². The van der Waals surface area contributed by atoms with E-state index in [9.17, 15) is 0 Å². The number of fused-ring (bicyclic) bond motifs is 3. The van der Waals surface area contributed by atoms with Crippen LogP contribution < -0.4 is 0 Å². The third kappa shape index (κ3) is 2.20. The molecule has 1 aromatic carbocycles. The Labute approximate surface area is 124 Å². The maximum absolute atomic E-state index is 6.61. The quantitative estimate of drug-likeness (QED) is 0.455. The highest BCUT2D eigenvalue weighted by Gasteiger charge is 2.34. The smallest absolute Gasteiger partial charge is 0.151 e. The summed E-state index contributed by atoms with van der Waals surface area (Å²) in [6.45, 7) is 9.07. The predicted octanol–water partition coefficient (Wildman–Crippen LogP) is 6.24. The van der Waals surface area contributed by atoms with E-state index in [4.69, 9.17) is 11.1 Å². The molecule has 100 valence electrons. The summed E-state index contributed by atoms with van der Waals surface area (Å²) in [6, 6.07) is 9.92. The first-order valence-electron chi connectivity index (χ1n) is 6.76. The van der Waals surface area contributed by atoms with Crippen molar-refractivity contribution in [3.8, 4) is 0 Å². The fourth-order valence-electron chi connectivity index (χ4n) is 3.08. The predicted molar refractivity (Wildman–Crippen MR) is 91.0 cm³/mol. The van der Waals surface area contributed by atoms with E-state index in [1.165, 1.54) is 26.8 Å². The van der Waals surface area contributed by atoms with Crippen LogP contribution in [0.2, 0.25) is 19.1 Å². The lowest BCUT2D eigenvalue weighted by Gasteiger charge is -2.20. The van der Waals surface area contributed by atoms with Crippen LogP contribution in [0, 0.1) is 0 Å².